The topological polar surface area (TPSA) is 32.8 Å². The molecule has 4 heteroatoms. The molecule has 0 N–H and O–H groups in total. The number of ether oxygens (including phenoxy) is 1. The first-order chi connectivity index (χ1) is 12.2. The Bertz CT molecular complexity index is 568. The zero-order chi connectivity index (χ0) is 17.5. The smallest absolute Gasteiger partial charge is 0.236 e. The van der Waals surface area contributed by atoms with Gasteiger partial charge in [0.15, 0.2) is 0 Å². The van der Waals surface area contributed by atoms with Gasteiger partial charge in [-0.3, -0.25) is 9.69 Å². The normalized spacial score (nSPS) is 20.3. The molecule has 25 heavy (non-hydrogen) atoms. The summed E-state index contributed by atoms with van der Waals surface area (Å²) in [6, 6.07) is 8.78. The summed E-state index contributed by atoms with van der Waals surface area (Å²) in [5, 5.41) is 0. The Morgan fingerprint density at radius 2 is 1.80 bits per heavy atom. The minimum atomic E-state index is 0.277. The van der Waals surface area contributed by atoms with Crippen molar-refractivity contribution in [2.24, 2.45) is 5.92 Å². The summed E-state index contributed by atoms with van der Waals surface area (Å²) in [5.74, 6) is 0.859. The maximum Gasteiger partial charge on any atom is 0.236 e. The summed E-state index contributed by atoms with van der Waals surface area (Å²) in [7, 11) is 0. The third kappa shape index (κ3) is 5.41. The summed E-state index contributed by atoms with van der Waals surface area (Å²) >= 11 is 0. The Morgan fingerprint density at radius 3 is 2.44 bits per heavy atom. The number of benzene rings is 1. The maximum absolute atomic E-state index is 12.4. The lowest BCUT2D eigenvalue weighted by Gasteiger charge is -2.33. The molecular formula is C21H30N2O2. The Kier molecular flexibility index (Phi) is 6.65. The fourth-order valence-corrected chi connectivity index (χ4v) is 3.50. The van der Waals surface area contributed by atoms with Crippen molar-refractivity contribution in [3.05, 3.63) is 41.5 Å². The molecular weight excluding hydrogens is 312 g/mol. The first kappa shape index (κ1) is 18.2. The molecule has 0 spiro atoms. The first-order valence-corrected chi connectivity index (χ1v) is 9.59. The van der Waals surface area contributed by atoms with Crippen LogP contribution in [-0.2, 0) is 16.0 Å². The van der Waals surface area contributed by atoms with E-state index in [2.05, 4.69) is 48.2 Å². The molecule has 4 nitrogen and oxygen atoms in total. The minimum absolute atomic E-state index is 0.277. The second-order valence-corrected chi connectivity index (χ2v) is 7.06. The summed E-state index contributed by atoms with van der Waals surface area (Å²) in [6.07, 6.45) is 7.78. The van der Waals surface area contributed by atoms with Gasteiger partial charge in [0, 0.05) is 26.2 Å². The van der Waals surface area contributed by atoms with Crippen molar-refractivity contribution in [3.63, 3.8) is 0 Å². The van der Waals surface area contributed by atoms with Crippen molar-refractivity contribution in [3.8, 4) is 0 Å². The highest BCUT2D eigenvalue weighted by atomic mass is 16.5. The lowest BCUT2D eigenvalue weighted by atomic mass is 9.95. The van der Waals surface area contributed by atoms with Crippen molar-refractivity contribution >= 4 is 12.0 Å². The first-order valence-electron chi connectivity index (χ1n) is 9.59. The molecule has 0 unspecified atom stereocenters. The number of morpholine rings is 1. The van der Waals surface area contributed by atoms with E-state index in [4.69, 9.17) is 4.74 Å². The minimum Gasteiger partial charge on any atom is -0.379 e. The number of likely N-dealkylation sites (tertiary alicyclic amines) is 1. The van der Waals surface area contributed by atoms with Gasteiger partial charge in [-0.1, -0.05) is 43.3 Å². The summed E-state index contributed by atoms with van der Waals surface area (Å²) in [6.45, 7) is 7.74. The number of allylic oxidation sites excluding steroid dienone is 1. The molecule has 0 aromatic heterocycles. The van der Waals surface area contributed by atoms with Crippen LogP contribution in [0.15, 0.2) is 30.3 Å². The third-order valence-electron chi connectivity index (χ3n) is 5.30. The van der Waals surface area contributed by atoms with E-state index >= 15 is 0 Å². The van der Waals surface area contributed by atoms with Gasteiger partial charge in [0.25, 0.3) is 0 Å². The Balaban J connectivity index is 1.43. The number of carbonyl (C=O) groups is 1. The van der Waals surface area contributed by atoms with Crippen LogP contribution in [0.4, 0.5) is 0 Å². The molecule has 3 rings (SSSR count). The van der Waals surface area contributed by atoms with Gasteiger partial charge in [0.05, 0.1) is 19.8 Å². The number of aryl methyl sites for hydroxylation is 1. The molecule has 1 aromatic rings. The van der Waals surface area contributed by atoms with Crippen molar-refractivity contribution in [2.45, 2.75) is 26.2 Å². The average Bonchev–Trinajstić information content (AvgIpc) is 2.68. The van der Waals surface area contributed by atoms with E-state index in [-0.39, 0.29) is 5.91 Å². The molecule has 2 heterocycles. The summed E-state index contributed by atoms with van der Waals surface area (Å²) < 4.78 is 5.34. The Morgan fingerprint density at radius 1 is 1.12 bits per heavy atom. The highest BCUT2D eigenvalue weighted by Crippen LogP contribution is 2.20. The highest BCUT2D eigenvalue weighted by molar-refractivity contribution is 5.78. The van der Waals surface area contributed by atoms with E-state index in [0.717, 1.165) is 58.7 Å². The SMILES string of the molecule is CCc1ccc(/C=C/C2CCN(C(=O)CN3CCOCC3)CC2)cc1. The van der Waals surface area contributed by atoms with Gasteiger partial charge >= 0.3 is 0 Å². The standard InChI is InChI=1S/C21H30N2O2/c1-2-18-3-5-19(6-4-18)7-8-20-9-11-23(12-10-20)21(24)17-22-13-15-25-16-14-22/h3-8,20H,2,9-17H2,1H3/b8-7+. The molecule has 136 valence electrons. The number of piperidine rings is 1. The number of nitrogens with zero attached hydrogens (tertiary/aromatic N) is 2. The van der Waals surface area contributed by atoms with Gasteiger partial charge in [0.1, 0.15) is 0 Å². The van der Waals surface area contributed by atoms with Crippen LogP contribution >= 0.6 is 0 Å². The second kappa shape index (κ2) is 9.16. The predicted octanol–water partition coefficient (Wildman–Crippen LogP) is 2.83. The second-order valence-electron chi connectivity index (χ2n) is 7.06. The zero-order valence-corrected chi connectivity index (χ0v) is 15.3. The van der Waals surface area contributed by atoms with Gasteiger partial charge < -0.3 is 9.64 Å². The molecule has 0 bridgehead atoms. The lowest BCUT2D eigenvalue weighted by molar-refractivity contribution is -0.134. The van der Waals surface area contributed by atoms with Gasteiger partial charge in [-0.15, -0.1) is 0 Å². The van der Waals surface area contributed by atoms with E-state index in [1.807, 2.05) is 4.90 Å². The van der Waals surface area contributed by atoms with E-state index < -0.39 is 0 Å². The van der Waals surface area contributed by atoms with Crippen LogP contribution in [0.5, 0.6) is 0 Å². The van der Waals surface area contributed by atoms with Crippen molar-refractivity contribution in [2.75, 3.05) is 45.9 Å². The quantitative estimate of drug-likeness (QED) is 0.825. The molecule has 0 saturated carbocycles. The summed E-state index contributed by atoms with van der Waals surface area (Å²) in [5.41, 5.74) is 2.65. The molecule has 2 fully saturated rings. The molecule has 0 aliphatic carbocycles. The number of amides is 1. The lowest BCUT2D eigenvalue weighted by Crippen LogP contribution is -2.46. The molecule has 0 radical (unpaired) electrons. The third-order valence-corrected chi connectivity index (χ3v) is 5.30. The van der Waals surface area contributed by atoms with Crippen LogP contribution in [0.1, 0.15) is 30.9 Å². The zero-order valence-electron chi connectivity index (χ0n) is 15.3. The monoisotopic (exact) mass is 342 g/mol. The largest absolute Gasteiger partial charge is 0.379 e. The number of hydrogen-bond acceptors (Lipinski definition) is 3. The van der Waals surface area contributed by atoms with Crippen LogP contribution in [0, 0.1) is 5.92 Å². The van der Waals surface area contributed by atoms with E-state index in [1.165, 1.54) is 11.1 Å². The van der Waals surface area contributed by atoms with Gasteiger partial charge in [0.2, 0.25) is 5.91 Å². The number of hydrogen-bond donors (Lipinski definition) is 0. The highest BCUT2D eigenvalue weighted by Gasteiger charge is 2.23. The van der Waals surface area contributed by atoms with Crippen molar-refractivity contribution < 1.29 is 9.53 Å². The van der Waals surface area contributed by atoms with E-state index in [9.17, 15) is 4.79 Å². The molecule has 0 atom stereocenters. The molecule has 2 aliphatic heterocycles. The van der Waals surface area contributed by atoms with Gasteiger partial charge in [-0.25, -0.2) is 0 Å². The van der Waals surface area contributed by atoms with Gasteiger partial charge in [-0.2, -0.15) is 0 Å². The Labute approximate surface area is 151 Å². The predicted molar refractivity (Wildman–Crippen MR) is 101 cm³/mol. The Hall–Kier alpha value is -1.65. The fourth-order valence-electron chi connectivity index (χ4n) is 3.50. The van der Waals surface area contributed by atoms with Crippen LogP contribution in [0.2, 0.25) is 0 Å². The van der Waals surface area contributed by atoms with E-state index in [0.29, 0.717) is 12.5 Å². The van der Waals surface area contributed by atoms with Crippen LogP contribution in [0.3, 0.4) is 0 Å². The van der Waals surface area contributed by atoms with Crippen molar-refractivity contribution in [1.82, 2.24) is 9.80 Å². The molecule has 2 aliphatic rings. The molecule has 2 saturated heterocycles. The van der Waals surface area contributed by atoms with Crippen molar-refractivity contribution in [1.29, 1.82) is 0 Å². The van der Waals surface area contributed by atoms with Crippen LogP contribution < -0.4 is 0 Å². The van der Waals surface area contributed by atoms with Crippen LogP contribution in [0.25, 0.3) is 6.08 Å². The van der Waals surface area contributed by atoms with Crippen LogP contribution in [-0.4, -0.2) is 61.6 Å². The number of rotatable bonds is 5. The van der Waals surface area contributed by atoms with E-state index in [1.54, 1.807) is 0 Å². The fraction of sp³-hybridized carbons (Fsp3) is 0.571. The maximum atomic E-state index is 12.4. The summed E-state index contributed by atoms with van der Waals surface area (Å²) in [4.78, 5) is 16.7. The molecule has 1 amide bonds. The number of carbonyl (C=O) groups excluding carboxylic acids is 1. The average molecular weight is 342 g/mol. The van der Waals surface area contributed by atoms with Gasteiger partial charge in [-0.05, 0) is 36.3 Å². The molecule has 1 aromatic carbocycles.